The van der Waals surface area contributed by atoms with Crippen LogP contribution >= 0.6 is 0 Å². The molecule has 1 aromatic heterocycles. The number of anilines is 2. The first-order valence-corrected chi connectivity index (χ1v) is 10.2. The molecule has 1 heterocycles. The summed E-state index contributed by atoms with van der Waals surface area (Å²) in [5, 5.41) is 3.20. The summed E-state index contributed by atoms with van der Waals surface area (Å²) in [4.78, 5) is 4.96. The molecule has 0 aliphatic carbocycles. The van der Waals surface area contributed by atoms with Crippen molar-refractivity contribution in [3.63, 3.8) is 0 Å². The molecule has 3 aromatic rings. The van der Waals surface area contributed by atoms with Crippen molar-refractivity contribution >= 4 is 22.7 Å². The van der Waals surface area contributed by atoms with E-state index in [9.17, 15) is 4.55 Å². The lowest BCUT2D eigenvalue weighted by atomic mass is 10.1. The van der Waals surface area contributed by atoms with E-state index in [1.54, 1.807) is 32.4 Å². The van der Waals surface area contributed by atoms with Crippen molar-refractivity contribution in [2.24, 2.45) is 5.73 Å². The second-order valence-electron chi connectivity index (χ2n) is 6.10. The average Bonchev–Trinajstić information content (AvgIpc) is 2.77. The molecular weight excluding hydrogens is 388 g/mol. The fourth-order valence-corrected chi connectivity index (χ4v) is 3.76. The number of nitrogens with two attached hydrogens (primary N) is 1. The van der Waals surface area contributed by atoms with Crippen molar-refractivity contribution in [1.29, 1.82) is 0 Å². The molecule has 1 atom stereocenters. The maximum absolute atomic E-state index is 13.1. The summed E-state index contributed by atoms with van der Waals surface area (Å²) < 4.78 is 26.7. The molecule has 2 aromatic carbocycles. The Labute approximate surface area is 173 Å². The second-order valence-corrected chi connectivity index (χ2v) is 7.28. The van der Waals surface area contributed by atoms with Gasteiger partial charge in [0, 0.05) is 36.5 Å². The minimum absolute atomic E-state index is 0.515. The molecule has 7 nitrogen and oxygen atoms in total. The molecule has 0 amide bonds. The molecule has 0 aliphatic rings. The number of pyridine rings is 1. The van der Waals surface area contributed by atoms with Crippen LogP contribution in [0.1, 0.15) is 0 Å². The Hall–Kier alpha value is -2.94. The fourth-order valence-electron chi connectivity index (χ4n) is 2.74. The Bertz CT molecular complexity index is 955. The molecule has 8 heteroatoms. The molecule has 3 rings (SSSR count). The molecule has 4 N–H and O–H groups in total. The predicted molar refractivity (Wildman–Crippen MR) is 117 cm³/mol. The number of rotatable bonds is 9. The summed E-state index contributed by atoms with van der Waals surface area (Å²) in [6.45, 7) is 1.20. The van der Waals surface area contributed by atoms with Crippen LogP contribution < -0.4 is 25.2 Å². The van der Waals surface area contributed by atoms with Crippen LogP contribution in [0.15, 0.2) is 65.6 Å². The lowest BCUT2D eigenvalue weighted by Gasteiger charge is -2.16. The van der Waals surface area contributed by atoms with Crippen LogP contribution in [0.3, 0.4) is 0 Å². The Morgan fingerprint density at radius 1 is 1.00 bits per heavy atom. The van der Waals surface area contributed by atoms with Crippen LogP contribution in [0.25, 0.3) is 11.3 Å². The number of aromatic nitrogens is 1. The van der Waals surface area contributed by atoms with Gasteiger partial charge < -0.3 is 25.1 Å². The van der Waals surface area contributed by atoms with Crippen molar-refractivity contribution in [2.45, 2.75) is 4.90 Å². The van der Waals surface area contributed by atoms with E-state index in [0.29, 0.717) is 29.6 Å². The van der Waals surface area contributed by atoms with Gasteiger partial charge in [-0.2, -0.15) is 0 Å². The maximum Gasteiger partial charge on any atom is 0.222 e. The Morgan fingerprint density at radius 2 is 1.79 bits per heavy atom. The lowest BCUT2D eigenvalue weighted by Crippen LogP contribution is -2.15. The van der Waals surface area contributed by atoms with Crippen LogP contribution in [-0.4, -0.2) is 36.8 Å². The molecule has 152 valence electrons. The number of hydrogen-bond donors (Lipinski definition) is 3. The Morgan fingerprint density at radius 3 is 2.55 bits per heavy atom. The smallest absolute Gasteiger partial charge is 0.222 e. The highest BCUT2D eigenvalue weighted by Crippen LogP contribution is 2.31. The van der Waals surface area contributed by atoms with Crippen LogP contribution in [0.4, 0.5) is 11.4 Å². The van der Waals surface area contributed by atoms with E-state index in [1.807, 2.05) is 42.5 Å². The Kier molecular flexibility index (Phi) is 7.18. The largest absolute Gasteiger partial charge is 0.588 e. The molecule has 0 bridgehead atoms. The molecule has 0 saturated carbocycles. The van der Waals surface area contributed by atoms with Gasteiger partial charge in [0.25, 0.3) is 0 Å². The number of nitrogens with zero attached hydrogens (tertiary/aromatic N) is 1. The van der Waals surface area contributed by atoms with Gasteiger partial charge in [-0.1, -0.05) is 12.1 Å². The molecule has 0 saturated heterocycles. The van der Waals surface area contributed by atoms with Gasteiger partial charge in [0.05, 0.1) is 25.6 Å². The third kappa shape index (κ3) is 5.32. The van der Waals surface area contributed by atoms with Gasteiger partial charge in [-0.05, 0) is 36.4 Å². The quantitative estimate of drug-likeness (QED) is 0.463. The van der Waals surface area contributed by atoms with Gasteiger partial charge in [0.2, 0.25) is 10.8 Å². The number of ether oxygens (including phenoxy) is 2. The van der Waals surface area contributed by atoms with E-state index in [2.05, 4.69) is 15.0 Å². The summed E-state index contributed by atoms with van der Waals surface area (Å²) in [5.74, 6) is 1.04. The van der Waals surface area contributed by atoms with Gasteiger partial charge in [0.1, 0.15) is 11.4 Å². The standard InChI is InChI=1S/C21H24N4O3S/c1-27-19-10-9-15(18-7-4-8-21(24-18)28-2)13-20(19)29(26)25-17-6-3-5-16(14-17)23-12-11-22/h3-10,13-14,23,25H,11-12,22H2,1-2H3. The monoisotopic (exact) mass is 412 g/mol. The highest BCUT2D eigenvalue weighted by Gasteiger charge is 2.20. The van der Waals surface area contributed by atoms with E-state index in [-0.39, 0.29) is 0 Å². The van der Waals surface area contributed by atoms with Crippen molar-refractivity contribution in [1.82, 2.24) is 4.98 Å². The third-order valence-electron chi connectivity index (χ3n) is 4.14. The topological polar surface area (TPSA) is 104 Å². The highest BCUT2D eigenvalue weighted by atomic mass is 32.2. The van der Waals surface area contributed by atoms with Crippen molar-refractivity contribution in [2.75, 3.05) is 37.3 Å². The van der Waals surface area contributed by atoms with Crippen molar-refractivity contribution < 1.29 is 14.0 Å². The molecule has 0 radical (unpaired) electrons. The van der Waals surface area contributed by atoms with E-state index in [1.165, 1.54) is 0 Å². The zero-order valence-corrected chi connectivity index (χ0v) is 17.2. The minimum atomic E-state index is -1.54. The lowest BCUT2D eigenvalue weighted by molar-refractivity contribution is 0.398. The van der Waals surface area contributed by atoms with Gasteiger partial charge in [0.15, 0.2) is 5.75 Å². The molecule has 29 heavy (non-hydrogen) atoms. The molecular formula is C21H24N4O3S. The van der Waals surface area contributed by atoms with Gasteiger partial charge >= 0.3 is 0 Å². The van der Waals surface area contributed by atoms with Gasteiger partial charge in [-0.25, -0.2) is 9.71 Å². The summed E-state index contributed by atoms with van der Waals surface area (Å²) in [6.07, 6.45) is 0. The van der Waals surface area contributed by atoms with E-state index >= 15 is 0 Å². The third-order valence-corrected chi connectivity index (χ3v) is 5.28. The Balaban J connectivity index is 1.86. The highest BCUT2D eigenvalue weighted by molar-refractivity contribution is 7.92. The molecule has 0 spiro atoms. The van der Waals surface area contributed by atoms with Crippen LogP contribution in [0.5, 0.6) is 11.6 Å². The van der Waals surface area contributed by atoms with Crippen LogP contribution in [0.2, 0.25) is 0 Å². The minimum Gasteiger partial charge on any atom is -0.588 e. The zero-order chi connectivity index (χ0) is 20.6. The summed E-state index contributed by atoms with van der Waals surface area (Å²) in [5.41, 5.74) is 8.68. The normalized spacial score (nSPS) is 11.6. The van der Waals surface area contributed by atoms with E-state index < -0.39 is 11.4 Å². The molecule has 0 aliphatic heterocycles. The summed E-state index contributed by atoms with van der Waals surface area (Å²) in [6, 6.07) is 18.5. The summed E-state index contributed by atoms with van der Waals surface area (Å²) >= 11 is -1.54. The molecule has 1 unspecified atom stereocenters. The maximum atomic E-state index is 13.1. The van der Waals surface area contributed by atoms with Gasteiger partial charge in [-0.15, -0.1) is 0 Å². The molecule has 0 fully saturated rings. The number of nitrogens with one attached hydrogen (secondary N) is 2. The number of benzene rings is 2. The second kappa shape index (κ2) is 10.0. The van der Waals surface area contributed by atoms with E-state index in [4.69, 9.17) is 15.2 Å². The SMILES string of the molecule is COc1cccc(-c2ccc(OC)c([S+]([O-])Nc3cccc(NCCN)c3)c2)n1. The number of methoxy groups -OCH3 is 2. The predicted octanol–water partition coefficient (Wildman–Crippen LogP) is 3.27. The van der Waals surface area contributed by atoms with Gasteiger partial charge in [-0.3, -0.25) is 0 Å². The first-order chi connectivity index (χ1) is 14.1. The fraction of sp³-hybridized carbons (Fsp3) is 0.190. The first kappa shape index (κ1) is 20.8. The van der Waals surface area contributed by atoms with Crippen LogP contribution in [0, 0.1) is 0 Å². The van der Waals surface area contributed by atoms with E-state index in [0.717, 1.165) is 22.6 Å². The van der Waals surface area contributed by atoms with Crippen molar-refractivity contribution in [3.8, 4) is 22.9 Å². The zero-order valence-electron chi connectivity index (χ0n) is 16.3. The number of hydrogen-bond acceptors (Lipinski definition) is 7. The summed E-state index contributed by atoms with van der Waals surface area (Å²) in [7, 11) is 3.12. The average molecular weight is 413 g/mol. The van der Waals surface area contributed by atoms with Crippen LogP contribution in [-0.2, 0) is 11.4 Å². The van der Waals surface area contributed by atoms with Crippen molar-refractivity contribution in [3.05, 3.63) is 60.7 Å². The first-order valence-electron chi connectivity index (χ1n) is 9.06.